The van der Waals surface area contributed by atoms with E-state index in [2.05, 4.69) is 181 Å². The van der Waals surface area contributed by atoms with Gasteiger partial charge in [0.25, 0.3) is 0 Å². The highest BCUT2D eigenvalue weighted by atomic mass is 15.0. The molecule has 1 heterocycles. The maximum atomic E-state index is 2.51. The summed E-state index contributed by atoms with van der Waals surface area (Å²) in [6, 6.07) is 58.2. The number of para-hydroxylation sites is 1. The molecule has 0 unspecified atom stereocenters. The Morgan fingerprint density at radius 1 is 0.408 bits per heavy atom. The highest BCUT2D eigenvalue weighted by Crippen LogP contribution is 2.47. The molecule has 0 saturated heterocycles. The Hall–Kier alpha value is -6.18. The van der Waals surface area contributed by atoms with Crippen LogP contribution in [0.2, 0.25) is 0 Å². The van der Waals surface area contributed by atoms with E-state index in [0.29, 0.717) is 0 Å². The summed E-state index contributed by atoms with van der Waals surface area (Å²) >= 11 is 0. The zero-order valence-corrected chi connectivity index (χ0v) is 27.1. The highest BCUT2D eigenvalue weighted by Gasteiger charge is 2.22. The molecule has 49 heavy (non-hydrogen) atoms. The lowest BCUT2D eigenvalue weighted by Crippen LogP contribution is -1.97. The van der Waals surface area contributed by atoms with Gasteiger partial charge in [-0.1, -0.05) is 146 Å². The molecule has 0 aliphatic heterocycles. The summed E-state index contributed by atoms with van der Waals surface area (Å²) in [6.45, 7) is 0. The van der Waals surface area contributed by atoms with Gasteiger partial charge in [0.05, 0.1) is 11.0 Å². The summed E-state index contributed by atoms with van der Waals surface area (Å²) in [5.41, 5.74) is 11.2. The van der Waals surface area contributed by atoms with E-state index in [0.717, 1.165) is 12.8 Å². The van der Waals surface area contributed by atoms with Crippen LogP contribution in [0.4, 0.5) is 0 Å². The fraction of sp³-hybridized carbons (Fsp3) is 0.0417. The van der Waals surface area contributed by atoms with Crippen LogP contribution in [0.5, 0.6) is 0 Å². The monoisotopic (exact) mass is 623 g/mol. The Morgan fingerprint density at radius 2 is 1.08 bits per heavy atom. The van der Waals surface area contributed by atoms with Gasteiger partial charge in [0.2, 0.25) is 0 Å². The fourth-order valence-electron chi connectivity index (χ4n) is 8.19. The third-order valence-corrected chi connectivity index (χ3v) is 10.4. The molecule has 0 bridgehead atoms. The average Bonchev–Trinajstić information content (AvgIpc) is 3.54. The summed E-state index contributed by atoms with van der Waals surface area (Å²) in [7, 11) is 0. The van der Waals surface area contributed by atoms with Crippen molar-refractivity contribution in [2.45, 2.75) is 12.8 Å². The number of rotatable bonds is 4. The molecule has 1 aliphatic rings. The predicted molar refractivity (Wildman–Crippen MR) is 211 cm³/mol. The normalized spacial score (nSPS) is 13.2. The zero-order valence-electron chi connectivity index (χ0n) is 27.1. The molecule has 1 aliphatic carbocycles. The van der Waals surface area contributed by atoms with Crippen molar-refractivity contribution < 1.29 is 0 Å². The molecule has 0 spiro atoms. The van der Waals surface area contributed by atoms with E-state index in [-0.39, 0.29) is 0 Å². The summed E-state index contributed by atoms with van der Waals surface area (Å²) in [5, 5.41) is 10.3. The zero-order chi connectivity index (χ0) is 32.3. The number of nitrogens with zero attached hydrogens (tertiary/aromatic N) is 1. The Kier molecular flexibility index (Phi) is 6.38. The molecule has 8 aromatic carbocycles. The van der Waals surface area contributed by atoms with Crippen LogP contribution in [0, 0.1) is 0 Å². The number of hydrogen-bond donors (Lipinski definition) is 0. The molecule has 9 aromatic rings. The van der Waals surface area contributed by atoms with Crippen LogP contribution in [0.1, 0.15) is 18.4 Å². The van der Waals surface area contributed by atoms with Crippen LogP contribution in [0.15, 0.2) is 176 Å². The van der Waals surface area contributed by atoms with Crippen LogP contribution >= 0.6 is 0 Å². The van der Waals surface area contributed by atoms with Crippen molar-refractivity contribution in [1.29, 1.82) is 0 Å². The van der Waals surface area contributed by atoms with Gasteiger partial charge in [0.15, 0.2) is 0 Å². The van der Waals surface area contributed by atoms with Crippen LogP contribution < -0.4 is 0 Å². The highest BCUT2D eigenvalue weighted by molar-refractivity contribution is 6.38. The van der Waals surface area contributed by atoms with Crippen molar-refractivity contribution in [3.63, 3.8) is 0 Å². The van der Waals surface area contributed by atoms with Gasteiger partial charge >= 0.3 is 0 Å². The molecule has 230 valence electrons. The Morgan fingerprint density at radius 3 is 1.92 bits per heavy atom. The molecule has 1 heteroatoms. The fourth-order valence-corrected chi connectivity index (χ4v) is 8.19. The Balaban J connectivity index is 1.34. The largest absolute Gasteiger partial charge is 0.309 e. The second kappa shape index (κ2) is 11.2. The Bertz CT molecular complexity index is 2810. The van der Waals surface area contributed by atoms with Gasteiger partial charge in [0, 0.05) is 27.2 Å². The van der Waals surface area contributed by atoms with Crippen molar-refractivity contribution in [3.8, 4) is 27.9 Å². The number of fused-ring (bicyclic) bond motifs is 10. The maximum absolute atomic E-state index is 2.51. The standard InChI is InChI=1S/C48H33N/c1-3-15-32(16-4-1)34-19-13-21-36(29-34)43-31-44-39-24-8-10-26-41(39)48-47(46(44)40-25-9-7-23-38(40)43)42-27-11-12-28-45(42)49(48)37-22-14-20-35(30-37)33-17-5-2-6-18-33/h1,3-5,7-31H,2,6H2. The minimum absolute atomic E-state index is 1.09. The molecule has 0 saturated carbocycles. The van der Waals surface area contributed by atoms with Crippen LogP contribution in [0.3, 0.4) is 0 Å². The van der Waals surface area contributed by atoms with Crippen molar-refractivity contribution in [2.75, 3.05) is 0 Å². The van der Waals surface area contributed by atoms with Gasteiger partial charge in [-0.05, 0) is 98.1 Å². The maximum Gasteiger partial charge on any atom is 0.0626 e. The van der Waals surface area contributed by atoms with Gasteiger partial charge < -0.3 is 4.57 Å². The third-order valence-electron chi connectivity index (χ3n) is 10.4. The quantitative estimate of drug-likeness (QED) is 0.172. The molecule has 0 N–H and O–H groups in total. The first-order valence-corrected chi connectivity index (χ1v) is 17.3. The molecular weight excluding hydrogens is 591 g/mol. The number of hydrogen-bond acceptors (Lipinski definition) is 0. The van der Waals surface area contributed by atoms with E-state index < -0.39 is 0 Å². The minimum Gasteiger partial charge on any atom is -0.309 e. The van der Waals surface area contributed by atoms with Crippen molar-refractivity contribution in [2.24, 2.45) is 0 Å². The van der Waals surface area contributed by atoms with Crippen molar-refractivity contribution in [3.05, 3.63) is 182 Å². The SMILES string of the molecule is C1=CC(c2cccc(-n3c4ccccc4c4c5c6ccccc6c(-c6cccc(-c7ccccc7)c6)cc5c5ccccc5c43)c2)=CCC1. The predicted octanol–water partition coefficient (Wildman–Crippen LogP) is 13.3. The second-order valence-electron chi connectivity index (χ2n) is 13.2. The first-order valence-electron chi connectivity index (χ1n) is 17.3. The van der Waals surface area contributed by atoms with Gasteiger partial charge in [-0.2, -0.15) is 0 Å². The molecule has 0 amide bonds. The second-order valence-corrected chi connectivity index (χ2v) is 13.2. The van der Waals surface area contributed by atoms with E-state index in [9.17, 15) is 0 Å². The van der Waals surface area contributed by atoms with Gasteiger partial charge in [-0.25, -0.2) is 0 Å². The van der Waals surface area contributed by atoms with E-state index in [4.69, 9.17) is 0 Å². The van der Waals surface area contributed by atoms with E-state index in [1.165, 1.54) is 93.2 Å². The lowest BCUT2D eigenvalue weighted by Gasteiger charge is -2.17. The lowest BCUT2D eigenvalue weighted by atomic mass is 9.88. The van der Waals surface area contributed by atoms with Crippen molar-refractivity contribution in [1.82, 2.24) is 4.57 Å². The molecule has 10 rings (SSSR count). The average molecular weight is 624 g/mol. The van der Waals surface area contributed by atoms with Gasteiger partial charge in [0.1, 0.15) is 0 Å². The number of allylic oxidation sites excluding steroid dienone is 4. The number of aromatic nitrogens is 1. The van der Waals surface area contributed by atoms with Crippen molar-refractivity contribution >= 4 is 59.7 Å². The summed E-state index contributed by atoms with van der Waals surface area (Å²) in [5.74, 6) is 0. The van der Waals surface area contributed by atoms with Crippen LogP contribution in [-0.4, -0.2) is 4.57 Å². The topological polar surface area (TPSA) is 4.93 Å². The molecule has 1 nitrogen and oxygen atoms in total. The first-order chi connectivity index (χ1) is 24.3. The third kappa shape index (κ3) is 4.40. The summed E-state index contributed by atoms with van der Waals surface area (Å²) in [6.07, 6.45) is 9.14. The molecule has 0 fully saturated rings. The minimum atomic E-state index is 1.09. The molecule has 0 radical (unpaired) electrons. The molecular formula is C48H33N. The summed E-state index contributed by atoms with van der Waals surface area (Å²) in [4.78, 5) is 0. The lowest BCUT2D eigenvalue weighted by molar-refractivity contribution is 1.04. The van der Waals surface area contributed by atoms with Gasteiger partial charge in [-0.15, -0.1) is 0 Å². The Labute approximate surface area is 285 Å². The van der Waals surface area contributed by atoms with Crippen LogP contribution in [-0.2, 0) is 0 Å². The van der Waals surface area contributed by atoms with E-state index >= 15 is 0 Å². The van der Waals surface area contributed by atoms with E-state index in [1.54, 1.807) is 0 Å². The molecule has 0 atom stereocenters. The summed E-state index contributed by atoms with van der Waals surface area (Å²) < 4.78 is 2.51. The van der Waals surface area contributed by atoms with E-state index in [1.807, 2.05) is 0 Å². The first kappa shape index (κ1) is 27.9. The smallest absolute Gasteiger partial charge is 0.0626 e. The van der Waals surface area contributed by atoms with Gasteiger partial charge in [-0.3, -0.25) is 0 Å². The molecule has 1 aromatic heterocycles. The van der Waals surface area contributed by atoms with Crippen LogP contribution in [0.25, 0.3) is 87.6 Å². The number of benzene rings is 8.